The molecule has 0 radical (unpaired) electrons. The number of anilines is 2. The van der Waals surface area contributed by atoms with Gasteiger partial charge in [-0.15, -0.1) is 0 Å². The Bertz CT molecular complexity index is 969. The van der Waals surface area contributed by atoms with E-state index in [0.29, 0.717) is 38.2 Å². The first-order valence-corrected chi connectivity index (χ1v) is 12.0. The summed E-state index contributed by atoms with van der Waals surface area (Å²) in [4.78, 5) is 11.5. The molecular formula is C21H28FN5O2S. The van der Waals surface area contributed by atoms with E-state index in [4.69, 9.17) is 4.98 Å². The lowest BCUT2D eigenvalue weighted by molar-refractivity contribution is 0.383. The van der Waals surface area contributed by atoms with Gasteiger partial charge in [-0.1, -0.05) is 19.3 Å². The Labute approximate surface area is 177 Å². The quantitative estimate of drug-likeness (QED) is 0.780. The number of hydrogen-bond acceptors (Lipinski definition) is 6. The average Bonchev–Trinajstić information content (AvgIpc) is 2.74. The van der Waals surface area contributed by atoms with Crippen LogP contribution in [0, 0.1) is 12.7 Å². The van der Waals surface area contributed by atoms with Crippen molar-refractivity contribution in [2.24, 2.45) is 0 Å². The van der Waals surface area contributed by atoms with Crippen LogP contribution in [0.15, 0.2) is 35.2 Å². The van der Waals surface area contributed by atoms with Crippen LogP contribution >= 0.6 is 0 Å². The van der Waals surface area contributed by atoms with Crippen LogP contribution < -0.4 is 10.2 Å². The zero-order valence-electron chi connectivity index (χ0n) is 17.2. The van der Waals surface area contributed by atoms with Crippen LogP contribution in [0.25, 0.3) is 0 Å². The van der Waals surface area contributed by atoms with Gasteiger partial charge in [0.2, 0.25) is 16.0 Å². The van der Waals surface area contributed by atoms with Gasteiger partial charge in [0.25, 0.3) is 0 Å². The van der Waals surface area contributed by atoms with Crippen LogP contribution in [0.1, 0.15) is 37.8 Å². The van der Waals surface area contributed by atoms with Crippen LogP contribution in [0.4, 0.5) is 16.2 Å². The number of rotatable bonds is 5. The van der Waals surface area contributed by atoms with Gasteiger partial charge in [-0.05, 0) is 44.0 Å². The Morgan fingerprint density at radius 1 is 1.00 bits per heavy atom. The second-order valence-electron chi connectivity index (χ2n) is 8.02. The molecule has 1 aromatic heterocycles. The Morgan fingerprint density at radius 3 is 2.33 bits per heavy atom. The number of aryl methyl sites for hydroxylation is 1. The maximum atomic E-state index is 13.1. The van der Waals surface area contributed by atoms with E-state index < -0.39 is 15.8 Å². The molecule has 0 atom stereocenters. The molecule has 0 amide bonds. The standard InChI is InChI=1S/C21H28FN5O2S/c1-16-15-20(25-21(23-16)24-18-5-3-2-4-6-18)26-11-13-27(14-12-26)30(28,29)19-9-7-17(22)8-10-19/h7-10,15,18H,2-6,11-14H2,1H3,(H,23,24,25). The molecule has 1 aliphatic carbocycles. The molecular weight excluding hydrogens is 405 g/mol. The fourth-order valence-electron chi connectivity index (χ4n) is 4.12. The van der Waals surface area contributed by atoms with Crippen molar-refractivity contribution in [1.29, 1.82) is 0 Å². The van der Waals surface area contributed by atoms with Crippen LogP contribution in [-0.2, 0) is 10.0 Å². The first-order chi connectivity index (χ1) is 14.4. The van der Waals surface area contributed by atoms with E-state index in [9.17, 15) is 12.8 Å². The lowest BCUT2D eigenvalue weighted by Gasteiger charge is -2.35. The Morgan fingerprint density at radius 2 is 1.67 bits per heavy atom. The molecule has 1 N–H and O–H groups in total. The molecule has 0 bridgehead atoms. The van der Waals surface area contributed by atoms with E-state index in [-0.39, 0.29) is 4.90 Å². The predicted octanol–water partition coefficient (Wildman–Crippen LogP) is 3.18. The largest absolute Gasteiger partial charge is 0.354 e. The molecule has 2 aromatic rings. The average molecular weight is 434 g/mol. The van der Waals surface area contributed by atoms with Crippen molar-refractivity contribution in [1.82, 2.24) is 14.3 Å². The third kappa shape index (κ3) is 4.73. The minimum atomic E-state index is -3.63. The van der Waals surface area contributed by atoms with E-state index in [1.165, 1.54) is 47.8 Å². The molecule has 1 aliphatic heterocycles. The summed E-state index contributed by atoms with van der Waals surface area (Å²) in [5.74, 6) is 1.02. The number of nitrogens with one attached hydrogen (secondary N) is 1. The molecule has 30 heavy (non-hydrogen) atoms. The SMILES string of the molecule is Cc1cc(N2CCN(S(=O)(=O)c3ccc(F)cc3)CC2)nc(NC2CCCCC2)n1. The number of nitrogens with zero attached hydrogens (tertiary/aromatic N) is 4. The van der Waals surface area contributed by atoms with E-state index in [1.54, 1.807) is 0 Å². The van der Waals surface area contributed by atoms with Gasteiger partial charge < -0.3 is 10.2 Å². The molecule has 9 heteroatoms. The van der Waals surface area contributed by atoms with Crippen molar-refractivity contribution >= 4 is 21.8 Å². The summed E-state index contributed by atoms with van der Waals surface area (Å²) >= 11 is 0. The smallest absolute Gasteiger partial charge is 0.243 e. The molecule has 4 rings (SSSR count). The normalized spacial score (nSPS) is 19.1. The molecule has 7 nitrogen and oxygen atoms in total. The highest BCUT2D eigenvalue weighted by Gasteiger charge is 2.29. The predicted molar refractivity (Wildman–Crippen MR) is 115 cm³/mol. The summed E-state index contributed by atoms with van der Waals surface area (Å²) in [5, 5.41) is 3.47. The lowest BCUT2D eigenvalue weighted by atomic mass is 9.96. The molecule has 1 aromatic carbocycles. The van der Waals surface area contributed by atoms with Gasteiger partial charge in [0, 0.05) is 44.0 Å². The topological polar surface area (TPSA) is 78.4 Å². The Balaban J connectivity index is 1.43. The van der Waals surface area contributed by atoms with Crippen molar-refractivity contribution in [3.8, 4) is 0 Å². The van der Waals surface area contributed by atoms with Gasteiger partial charge in [0.1, 0.15) is 11.6 Å². The summed E-state index contributed by atoms with van der Waals surface area (Å²) in [5.41, 5.74) is 0.889. The maximum Gasteiger partial charge on any atom is 0.243 e. The fourth-order valence-corrected chi connectivity index (χ4v) is 5.54. The van der Waals surface area contributed by atoms with Gasteiger partial charge in [0.15, 0.2) is 0 Å². The highest BCUT2D eigenvalue weighted by atomic mass is 32.2. The summed E-state index contributed by atoms with van der Waals surface area (Å²) in [6, 6.07) is 7.34. The first kappa shape index (κ1) is 21.0. The highest BCUT2D eigenvalue weighted by Crippen LogP contribution is 2.24. The zero-order chi connectivity index (χ0) is 21.1. The molecule has 162 valence electrons. The van der Waals surface area contributed by atoms with Gasteiger partial charge in [0.05, 0.1) is 4.90 Å². The van der Waals surface area contributed by atoms with E-state index in [0.717, 1.165) is 24.4 Å². The van der Waals surface area contributed by atoms with Gasteiger partial charge in [-0.3, -0.25) is 0 Å². The van der Waals surface area contributed by atoms with Crippen molar-refractivity contribution in [2.75, 3.05) is 36.4 Å². The summed E-state index contributed by atoms with van der Waals surface area (Å²) in [6.07, 6.45) is 6.06. The summed E-state index contributed by atoms with van der Waals surface area (Å²) < 4.78 is 40.2. The highest BCUT2D eigenvalue weighted by molar-refractivity contribution is 7.89. The van der Waals surface area contributed by atoms with E-state index >= 15 is 0 Å². The van der Waals surface area contributed by atoms with Crippen molar-refractivity contribution in [3.63, 3.8) is 0 Å². The maximum absolute atomic E-state index is 13.1. The Kier molecular flexibility index (Phi) is 6.19. The van der Waals surface area contributed by atoms with E-state index in [1.807, 2.05) is 13.0 Å². The number of halogens is 1. The third-order valence-electron chi connectivity index (χ3n) is 5.79. The van der Waals surface area contributed by atoms with Gasteiger partial charge in [-0.2, -0.15) is 9.29 Å². The van der Waals surface area contributed by atoms with Gasteiger partial charge in [-0.25, -0.2) is 17.8 Å². The monoisotopic (exact) mass is 433 g/mol. The molecule has 2 aliphatic rings. The van der Waals surface area contributed by atoms with Crippen LogP contribution in [0.5, 0.6) is 0 Å². The Hall–Kier alpha value is -2.26. The minimum absolute atomic E-state index is 0.120. The molecule has 1 saturated heterocycles. The summed E-state index contributed by atoms with van der Waals surface area (Å²) in [7, 11) is -3.63. The molecule has 1 saturated carbocycles. The number of piperazine rings is 1. The van der Waals surface area contributed by atoms with Crippen LogP contribution in [-0.4, -0.2) is 54.9 Å². The number of hydrogen-bond donors (Lipinski definition) is 1. The van der Waals surface area contributed by atoms with Crippen LogP contribution in [0.2, 0.25) is 0 Å². The summed E-state index contributed by atoms with van der Waals surface area (Å²) in [6.45, 7) is 3.74. The molecule has 0 spiro atoms. The van der Waals surface area contributed by atoms with E-state index in [2.05, 4.69) is 15.2 Å². The zero-order valence-corrected chi connectivity index (χ0v) is 18.0. The molecule has 2 fully saturated rings. The second-order valence-corrected chi connectivity index (χ2v) is 9.95. The molecule has 2 heterocycles. The van der Waals surface area contributed by atoms with Crippen molar-refractivity contribution in [3.05, 3.63) is 41.8 Å². The molecule has 0 unspecified atom stereocenters. The van der Waals surface area contributed by atoms with Crippen molar-refractivity contribution < 1.29 is 12.8 Å². The lowest BCUT2D eigenvalue weighted by Crippen LogP contribution is -2.49. The number of sulfonamides is 1. The second kappa shape index (κ2) is 8.85. The van der Waals surface area contributed by atoms with Gasteiger partial charge >= 0.3 is 0 Å². The fraction of sp³-hybridized carbons (Fsp3) is 0.524. The van der Waals surface area contributed by atoms with Crippen LogP contribution in [0.3, 0.4) is 0 Å². The first-order valence-electron chi connectivity index (χ1n) is 10.5. The number of benzene rings is 1. The minimum Gasteiger partial charge on any atom is -0.354 e. The number of aromatic nitrogens is 2. The third-order valence-corrected chi connectivity index (χ3v) is 7.71. The van der Waals surface area contributed by atoms with Crippen molar-refractivity contribution in [2.45, 2.75) is 50.0 Å².